The van der Waals surface area contributed by atoms with E-state index < -0.39 is 21.6 Å². The van der Waals surface area contributed by atoms with Crippen LogP contribution in [-0.4, -0.2) is 44.9 Å². The smallest absolute Gasteiger partial charge is 0.223 e. The molecule has 1 fully saturated rings. The zero-order valence-electron chi connectivity index (χ0n) is 20.2. The van der Waals surface area contributed by atoms with E-state index in [1.54, 1.807) is 0 Å². The molecule has 192 valence electrons. The minimum Gasteiger partial charge on any atom is -0.490 e. The molecule has 1 heterocycles. The zero-order valence-corrected chi connectivity index (χ0v) is 21.8. The van der Waals surface area contributed by atoms with Gasteiger partial charge in [-0.05, 0) is 63.4 Å². The lowest BCUT2D eigenvalue weighted by Crippen LogP contribution is -2.43. The Labute approximate surface area is 211 Å². The third-order valence-corrected chi connectivity index (χ3v) is 8.19. The van der Waals surface area contributed by atoms with E-state index in [-0.39, 0.29) is 41.5 Å². The van der Waals surface area contributed by atoms with Crippen molar-refractivity contribution in [2.75, 3.05) is 26.3 Å². The molecule has 1 atom stereocenters. The standard InChI is InChI=1S/C25H32ClFN2O5S/c1-4-33-23-10-9-19(15-24(23)34-5-2)17(3)28-25(30)18-11-13-29(14-12-18)35(31,32)16-20-21(26)7-6-8-22(20)27/h6-10,15,17-18H,4-5,11-14,16H2,1-3H3,(H,28,30)/t17-/m0/s1. The summed E-state index contributed by atoms with van der Waals surface area (Å²) < 4.78 is 52.3. The van der Waals surface area contributed by atoms with Gasteiger partial charge >= 0.3 is 0 Å². The Morgan fingerprint density at radius 2 is 1.80 bits per heavy atom. The van der Waals surface area contributed by atoms with Crippen molar-refractivity contribution in [2.45, 2.75) is 45.4 Å². The van der Waals surface area contributed by atoms with E-state index in [4.69, 9.17) is 21.1 Å². The molecular weight excluding hydrogens is 495 g/mol. The summed E-state index contributed by atoms with van der Waals surface area (Å²) in [6.45, 7) is 7.09. The molecule has 1 aliphatic rings. The first-order valence-electron chi connectivity index (χ1n) is 11.8. The third-order valence-electron chi connectivity index (χ3n) is 6.03. The molecule has 0 bridgehead atoms. The van der Waals surface area contributed by atoms with Gasteiger partial charge in [0.25, 0.3) is 0 Å². The first-order chi connectivity index (χ1) is 16.7. The first-order valence-corrected chi connectivity index (χ1v) is 13.8. The number of ether oxygens (including phenoxy) is 2. The van der Waals surface area contributed by atoms with Crippen LogP contribution in [0.5, 0.6) is 11.5 Å². The average molecular weight is 527 g/mol. The Balaban J connectivity index is 1.59. The molecule has 2 aromatic rings. The number of piperidine rings is 1. The summed E-state index contributed by atoms with van der Waals surface area (Å²) in [5, 5.41) is 3.11. The normalized spacial score (nSPS) is 16.0. The van der Waals surface area contributed by atoms with Gasteiger partial charge in [-0.25, -0.2) is 17.1 Å². The van der Waals surface area contributed by atoms with Crippen molar-refractivity contribution in [3.05, 3.63) is 58.4 Å². The molecule has 1 saturated heterocycles. The average Bonchev–Trinajstić information content (AvgIpc) is 2.83. The number of hydrogen-bond donors (Lipinski definition) is 1. The maximum absolute atomic E-state index is 14.1. The number of carbonyl (C=O) groups is 1. The number of hydrogen-bond acceptors (Lipinski definition) is 5. The Kier molecular flexibility index (Phi) is 9.38. The quantitative estimate of drug-likeness (QED) is 0.485. The lowest BCUT2D eigenvalue weighted by Gasteiger charge is -2.31. The number of rotatable bonds is 10. The fraction of sp³-hybridized carbons (Fsp3) is 0.480. The summed E-state index contributed by atoms with van der Waals surface area (Å²) in [5.41, 5.74) is 0.844. The maximum Gasteiger partial charge on any atom is 0.223 e. The molecule has 2 aromatic carbocycles. The largest absolute Gasteiger partial charge is 0.490 e. The molecule has 0 saturated carbocycles. The zero-order chi connectivity index (χ0) is 25.6. The fourth-order valence-corrected chi connectivity index (χ4v) is 6.01. The second-order valence-electron chi connectivity index (χ2n) is 8.43. The van der Waals surface area contributed by atoms with E-state index in [2.05, 4.69) is 5.32 Å². The topological polar surface area (TPSA) is 84.9 Å². The van der Waals surface area contributed by atoms with Gasteiger partial charge in [0, 0.05) is 29.6 Å². The molecule has 3 rings (SSSR count). The molecule has 0 spiro atoms. The minimum atomic E-state index is -3.76. The van der Waals surface area contributed by atoms with Crippen LogP contribution in [0.3, 0.4) is 0 Å². The van der Waals surface area contributed by atoms with Crippen molar-refractivity contribution in [2.24, 2.45) is 5.92 Å². The van der Waals surface area contributed by atoms with Gasteiger partial charge in [-0.2, -0.15) is 0 Å². The van der Waals surface area contributed by atoms with Crippen molar-refractivity contribution < 1.29 is 27.1 Å². The van der Waals surface area contributed by atoms with Crippen LogP contribution in [0.25, 0.3) is 0 Å². The van der Waals surface area contributed by atoms with Gasteiger partial charge in [-0.3, -0.25) is 4.79 Å². The third kappa shape index (κ3) is 6.86. The monoisotopic (exact) mass is 526 g/mol. The summed E-state index contributed by atoms with van der Waals surface area (Å²) >= 11 is 6.00. The number of benzene rings is 2. The number of halogens is 2. The highest BCUT2D eigenvalue weighted by molar-refractivity contribution is 7.88. The molecule has 0 aliphatic carbocycles. The molecule has 1 N–H and O–H groups in total. The number of nitrogens with one attached hydrogen (secondary N) is 1. The summed E-state index contributed by atoms with van der Waals surface area (Å²) in [7, 11) is -3.76. The van der Waals surface area contributed by atoms with Gasteiger partial charge in [-0.1, -0.05) is 23.7 Å². The van der Waals surface area contributed by atoms with E-state index in [0.29, 0.717) is 37.6 Å². The molecule has 1 amide bonds. The van der Waals surface area contributed by atoms with Gasteiger partial charge < -0.3 is 14.8 Å². The number of amides is 1. The highest BCUT2D eigenvalue weighted by Gasteiger charge is 2.32. The van der Waals surface area contributed by atoms with Crippen LogP contribution in [0.2, 0.25) is 5.02 Å². The SMILES string of the molecule is CCOc1ccc([C@H](C)NC(=O)C2CCN(S(=O)(=O)Cc3c(F)cccc3Cl)CC2)cc1OCC. The molecule has 0 aromatic heterocycles. The highest BCUT2D eigenvalue weighted by Crippen LogP contribution is 2.31. The molecular formula is C25H32ClFN2O5S. The number of carbonyl (C=O) groups excluding carboxylic acids is 1. The van der Waals surface area contributed by atoms with Crippen LogP contribution in [0.1, 0.15) is 50.8 Å². The molecule has 7 nitrogen and oxygen atoms in total. The van der Waals surface area contributed by atoms with E-state index in [0.717, 1.165) is 5.56 Å². The van der Waals surface area contributed by atoms with Gasteiger partial charge in [0.15, 0.2) is 11.5 Å². The van der Waals surface area contributed by atoms with Crippen molar-refractivity contribution in [1.82, 2.24) is 9.62 Å². The molecule has 0 radical (unpaired) electrons. The maximum atomic E-state index is 14.1. The van der Waals surface area contributed by atoms with Crippen LogP contribution >= 0.6 is 11.6 Å². The molecule has 10 heteroatoms. The predicted molar refractivity (Wildman–Crippen MR) is 134 cm³/mol. The number of sulfonamides is 1. The second kappa shape index (κ2) is 12.1. The summed E-state index contributed by atoms with van der Waals surface area (Å²) in [6, 6.07) is 9.42. The fourth-order valence-electron chi connectivity index (χ4n) is 4.09. The summed E-state index contributed by atoms with van der Waals surface area (Å²) in [5.74, 6) is -0.310. The molecule has 35 heavy (non-hydrogen) atoms. The Morgan fingerprint density at radius 3 is 2.43 bits per heavy atom. The van der Waals surface area contributed by atoms with Crippen molar-refractivity contribution in [3.63, 3.8) is 0 Å². The molecule has 1 aliphatic heterocycles. The minimum absolute atomic E-state index is 0.0374. The van der Waals surface area contributed by atoms with Crippen LogP contribution in [0.4, 0.5) is 4.39 Å². The van der Waals surface area contributed by atoms with Crippen LogP contribution in [0.15, 0.2) is 36.4 Å². The summed E-state index contributed by atoms with van der Waals surface area (Å²) in [6.07, 6.45) is 0.770. The Morgan fingerprint density at radius 1 is 1.14 bits per heavy atom. The highest BCUT2D eigenvalue weighted by atomic mass is 35.5. The Bertz CT molecular complexity index is 1120. The van der Waals surface area contributed by atoms with E-state index in [9.17, 15) is 17.6 Å². The van der Waals surface area contributed by atoms with Crippen LogP contribution < -0.4 is 14.8 Å². The van der Waals surface area contributed by atoms with Crippen molar-refractivity contribution in [3.8, 4) is 11.5 Å². The van der Waals surface area contributed by atoms with Crippen molar-refractivity contribution in [1.29, 1.82) is 0 Å². The lowest BCUT2D eigenvalue weighted by molar-refractivity contribution is -0.126. The van der Waals surface area contributed by atoms with Gasteiger partial charge in [-0.15, -0.1) is 0 Å². The van der Waals surface area contributed by atoms with E-state index in [1.165, 1.54) is 22.5 Å². The van der Waals surface area contributed by atoms with Crippen LogP contribution in [0, 0.1) is 11.7 Å². The van der Waals surface area contributed by atoms with Crippen molar-refractivity contribution >= 4 is 27.5 Å². The number of nitrogens with zero attached hydrogens (tertiary/aromatic N) is 1. The first kappa shape index (κ1) is 27.2. The Hall–Kier alpha value is -2.36. The van der Waals surface area contributed by atoms with Gasteiger partial charge in [0.05, 0.1) is 25.0 Å². The predicted octanol–water partition coefficient (Wildman–Crippen LogP) is 4.70. The van der Waals surface area contributed by atoms with Gasteiger partial charge in [0.2, 0.25) is 15.9 Å². The van der Waals surface area contributed by atoms with E-state index in [1.807, 2.05) is 39.0 Å². The van der Waals surface area contributed by atoms with Gasteiger partial charge in [0.1, 0.15) is 5.82 Å². The molecule has 0 unspecified atom stereocenters. The van der Waals surface area contributed by atoms with E-state index >= 15 is 0 Å². The van der Waals surface area contributed by atoms with Crippen LogP contribution in [-0.2, 0) is 20.6 Å². The second-order valence-corrected chi connectivity index (χ2v) is 10.8. The summed E-state index contributed by atoms with van der Waals surface area (Å²) in [4.78, 5) is 12.9. The lowest BCUT2D eigenvalue weighted by atomic mass is 9.96.